The van der Waals surface area contributed by atoms with Gasteiger partial charge in [-0.15, -0.1) is 0 Å². The fraction of sp³-hybridized carbons (Fsp3) is 0.500. The molecule has 30 heavy (non-hydrogen) atoms. The number of nitrogens with one attached hydrogen (secondary N) is 4. The maximum Gasteiger partial charge on any atom is 0.326 e. The molecule has 14 heteroatoms. The zero-order valence-electron chi connectivity index (χ0n) is 15.8. The second kappa shape index (κ2) is 12.4. The van der Waals surface area contributed by atoms with Crippen LogP contribution in [0.1, 0.15) is 18.5 Å². The number of hydrogen-bond acceptors (Lipinski definition) is 8. The van der Waals surface area contributed by atoms with Crippen molar-refractivity contribution >= 4 is 42.3 Å². The minimum Gasteiger partial charge on any atom is -0.481 e. The molecule has 0 aliphatic heterocycles. The van der Waals surface area contributed by atoms with Crippen LogP contribution in [0.4, 0.5) is 0 Å². The zero-order chi connectivity index (χ0) is 22.7. The van der Waals surface area contributed by atoms with E-state index in [-0.39, 0.29) is 18.6 Å². The average molecular weight is 444 g/mol. The summed E-state index contributed by atoms with van der Waals surface area (Å²) in [6.07, 6.45) is 1.93. The van der Waals surface area contributed by atoms with E-state index >= 15 is 0 Å². The molecule has 13 nitrogen and oxygen atoms in total. The van der Waals surface area contributed by atoms with Crippen LogP contribution in [0.25, 0.3) is 0 Å². The minimum atomic E-state index is -1.46. The molecule has 8 N–H and O–H groups in total. The number of aromatic amines is 1. The summed E-state index contributed by atoms with van der Waals surface area (Å²) in [4.78, 5) is 64.9. The standard InChI is InChI=1S/C16H24N6O7S/c17-9(6-30)14(26)19-5-12(23)21-11(3-8-4-18-7-20-8)15(27)22-10(16(28)29)1-2-13(24)25/h4,7,9-11,30H,1-3,5-6,17H2,(H,18,20)(H,19,26)(H,21,23)(H,22,27)(H,24,25)(H,28,29). The molecule has 1 aromatic rings. The fourth-order valence-corrected chi connectivity index (χ4v) is 2.42. The Morgan fingerprint density at radius 2 is 1.83 bits per heavy atom. The highest BCUT2D eigenvalue weighted by Gasteiger charge is 2.27. The van der Waals surface area contributed by atoms with E-state index in [1.54, 1.807) is 0 Å². The van der Waals surface area contributed by atoms with Crippen LogP contribution in [0, 0.1) is 0 Å². The van der Waals surface area contributed by atoms with Crippen LogP contribution < -0.4 is 21.7 Å². The topological polar surface area (TPSA) is 217 Å². The molecule has 0 saturated carbocycles. The summed E-state index contributed by atoms with van der Waals surface area (Å²) < 4.78 is 0. The van der Waals surface area contributed by atoms with Crippen LogP contribution in [-0.4, -0.2) is 80.3 Å². The molecule has 1 heterocycles. The number of aromatic nitrogens is 2. The van der Waals surface area contributed by atoms with Crippen molar-refractivity contribution in [2.45, 2.75) is 37.4 Å². The molecule has 0 radical (unpaired) electrons. The van der Waals surface area contributed by atoms with Gasteiger partial charge in [-0.25, -0.2) is 9.78 Å². The molecule has 0 aliphatic carbocycles. The van der Waals surface area contributed by atoms with Gasteiger partial charge in [0.15, 0.2) is 0 Å². The summed E-state index contributed by atoms with van der Waals surface area (Å²) in [5.74, 6) is -4.71. The third-order valence-electron chi connectivity index (χ3n) is 3.85. The number of carboxylic acid groups (broad SMARTS) is 2. The molecule has 3 unspecified atom stereocenters. The van der Waals surface area contributed by atoms with E-state index in [4.69, 9.17) is 10.8 Å². The predicted octanol–water partition coefficient (Wildman–Crippen LogP) is -2.76. The lowest BCUT2D eigenvalue weighted by Crippen LogP contribution is -2.54. The van der Waals surface area contributed by atoms with Crippen LogP contribution in [0.2, 0.25) is 0 Å². The third-order valence-corrected chi connectivity index (χ3v) is 4.24. The molecular formula is C16H24N6O7S. The number of hydrogen-bond donors (Lipinski definition) is 8. The van der Waals surface area contributed by atoms with Gasteiger partial charge < -0.3 is 36.9 Å². The van der Waals surface area contributed by atoms with Gasteiger partial charge in [-0.05, 0) is 6.42 Å². The Balaban J connectivity index is 2.79. The van der Waals surface area contributed by atoms with E-state index in [2.05, 4.69) is 38.5 Å². The van der Waals surface area contributed by atoms with Crippen molar-refractivity contribution < 1.29 is 34.2 Å². The summed E-state index contributed by atoms with van der Waals surface area (Å²) in [6, 6.07) is -3.57. The van der Waals surface area contributed by atoms with E-state index in [0.29, 0.717) is 5.69 Å². The zero-order valence-corrected chi connectivity index (χ0v) is 16.7. The first-order valence-electron chi connectivity index (χ1n) is 8.79. The molecule has 0 spiro atoms. The Hall–Kier alpha value is -3.13. The molecule has 0 bridgehead atoms. The normalized spacial score (nSPS) is 13.5. The van der Waals surface area contributed by atoms with Gasteiger partial charge in [-0.2, -0.15) is 12.6 Å². The molecule has 1 aromatic heterocycles. The molecular weight excluding hydrogens is 420 g/mol. The number of carbonyl (C=O) groups is 5. The number of imidazole rings is 1. The van der Waals surface area contributed by atoms with Crippen LogP contribution >= 0.6 is 12.6 Å². The monoisotopic (exact) mass is 444 g/mol. The summed E-state index contributed by atoms with van der Waals surface area (Å²) in [6.45, 7) is -0.464. The first kappa shape index (κ1) is 24.9. The highest BCUT2D eigenvalue weighted by atomic mass is 32.1. The van der Waals surface area contributed by atoms with Gasteiger partial charge in [-0.1, -0.05) is 0 Å². The Kier molecular flexibility index (Phi) is 10.3. The van der Waals surface area contributed by atoms with E-state index < -0.39 is 60.8 Å². The lowest BCUT2D eigenvalue weighted by Gasteiger charge is -2.21. The third kappa shape index (κ3) is 8.91. The number of rotatable bonds is 13. The largest absolute Gasteiger partial charge is 0.481 e. The van der Waals surface area contributed by atoms with Crippen molar-refractivity contribution in [3.8, 4) is 0 Å². The maximum atomic E-state index is 12.6. The quantitative estimate of drug-likeness (QED) is 0.148. The fourth-order valence-electron chi connectivity index (χ4n) is 2.25. The van der Waals surface area contributed by atoms with Gasteiger partial charge in [0, 0.05) is 30.5 Å². The van der Waals surface area contributed by atoms with E-state index in [1.807, 2.05) is 0 Å². The second-order valence-electron chi connectivity index (χ2n) is 6.24. The number of aliphatic carboxylic acids is 2. The van der Waals surface area contributed by atoms with Gasteiger partial charge in [0.1, 0.15) is 12.1 Å². The maximum absolute atomic E-state index is 12.6. The highest BCUT2D eigenvalue weighted by Crippen LogP contribution is 2.03. The molecule has 0 aliphatic rings. The average Bonchev–Trinajstić information content (AvgIpc) is 3.20. The highest BCUT2D eigenvalue weighted by molar-refractivity contribution is 7.80. The number of thiol groups is 1. The SMILES string of the molecule is NC(CS)C(=O)NCC(=O)NC(Cc1cnc[nH]1)C(=O)NC(CCC(=O)O)C(=O)O. The Bertz CT molecular complexity index is 757. The summed E-state index contributed by atoms with van der Waals surface area (Å²) in [7, 11) is 0. The van der Waals surface area contributed by atoms with Crippen LogP contribution in [-0.2, 0) is 30.4 Å². The Morgan fingerprint density at radius 1 is 1.13 bits per heavy atom. The first-order valence-corrected chi connectivity index (χ1v) is 9.43. The summed E-state index contributed by atoms with van der Waals surface area (Å²) in [5.41, 5.74) is 5.96. The summed E-state index contributed by atoms with van der Waals surface area (Å²) in [5, 5.41) is 24.8. The molecule has 3 atom stereocenters. The molecule has 0 fully saturated rings. The van der Waals surface area contributed by atoms with Gasteiger partial charge in [0.05, 0.1) is 18.9 Å². The Labute approximate surface area is 176 Å². The van der Waals surface area contributed by atoms with Crippen LogP contribution in [0.15, 0.2) is 12.5 Å². The number of nitrogens with zero attached hydrogens (tertiary/aromatic N) is 1. The number of carboxylic acids is 2. The van der Waals surface area contributed by atoms with Crippen molar-refractivity contribution in [3.05, 3.63) is 18.2 Å². The number of nitrogens with two attached hydrogens (primary N) is 1. The van der Waals surface area contributed by atoms with Crippen molar-refractivity contribution in [2.75, 3.05) is 12.3 Å². The van der Waals surface area contributed by atoms with Crippen molar-refractivity contribution in [3.63, 3.8) is 0 Å². The van der Waals surface area contributed by atoms with Crippen LogP contribution in [0.5, 0.6) is 0 Å². The van der Waals surface area contributed by atoms with Gasteiger partial charge in [0.2, 0.25) is 17.7 Å². The number of H-pyrrole nitrogens is 1. The van der Waals surface area contributed by atoms with Gasteiger partial charge in [-0.3, -0.25) is 19.2 Å². The number of amides is 3. The van der Waals surface area contributed by atoms with Crippen molar-refractivity contribution in [1.29, 1.82) is 0 Å². The molecule has 1 rings (SSSR count). The van der Waals surface area contributed by atoms with E-state index in [9.17, 15) is 29.1 Å². The van der Waals surface area contributed by atoms with Crippen molar-refractivity contribution in [1.82, 2.24) is 25.9 Å². The molecule has 166 valence electrons. The summed E-state index contributed by atoms with van der Waals surface area (Å²) >= 11 is 3.88. The smallest absolute Gasteiger partial charge is 0.326 e. The molecule has 3 amide bonds. The second-order valence-corrected chi connectivity index (χ2v) is 6.60. The van der Waals surface area contributed by atoms with Gasteiger partial charge in [0.25, 0.3) is 0 Å². The van der Waals surface area contributed by atoms with Gasteiger partial charge >= 0.3 is 11.9 Å². The lowest BCUT2D eigenvalue weighted by atomic mass is 10.1. The van der Waals surface area contributed by atoms with E-state index in [0.717, 1.165) is 0 Å². The Morgan fingerprint density at radius 3 is 2.37 bits per heavy atom. The first-order chi connectivity index (χ1) is 14.1. The van der Waals surface area contributed by atoms with E-state index in [1.165, 1.54) is 12.5 Å². The van der Waals surface area contributed by atoms with Crippen LogP contribution in [0.3, 0.4) is 0 Å². The predicted molar refractivity (Wildman–Crippen MR) is 105 cm³/mol. The number of carbonyl (C=O) groups excluding carboxylic acids is 3. The minimum absolute atomic E-state index is 0.0487. The molecule has 0 saturated heterocycles. The van der Waals surface area contributed by atoms with Crippen molar-refractivity contribution in [2.24, 2.45) is 5.73 Å². The molecule has 0 aromatic carbocycles. The lowest BCUT2D eigenvalue weighted by molar-refractivity contribution is -0.143.